The van der Waals surface area contributed by atoms with Gasteiger partial charge in [0, 0.05) is 17.5 Å². The van der Waals surface area contributed by atoms with Gasteiger partial charge >= 0.3 is 0 Å². The zero-order valence-corrected chi connectivity index (χ0v) is 11.1. The van der Waals surface area contributed by atoms with E-state index in [4.69, 9.17) is 15.2 Å². The highest BCUT2D eigenvalue weighted by molar-refractivity contribution is 5.52. The van der Waals surface area contributed by atoms with E-state index in [1.165, 1.54) is 25.3 Å². The molecule has 0 atom stereocenters. The van der Waals surface area contributed by atoms with E-state index in [-0.39, 0.29) is 17.0 Å². The Morgan fingerprint density at radius 3 is 2.42 bits per heavy atom. The third-order valence-corrected chi connectivity index (χ3v) is 4.41. The highest BCUT2D eigenvalue weighted by Crippen LogP contribution is 2.47. The molecule has 1 saturated carbocycles. The number of hydrogen-bond donors (Lipinski definition) is 1. The first kappa shape index (κ1) is 12.7. The molecule has 2 N–H and O–H groups in total. The summed E-state index contributed by atoms with van der Waals surface area (Å²) in [7, 11) is 0. The monoisotopic (exact) mass is 265 g/mol. The molecule has 1 aromatic rings. The van der Waals surface area contributed by atoms with Crippen molar-refractivity contribution in [3.63, 3.8) is 0 Å². The van der Waals surface area contributed by atoms with Crippen LogP contribution >= 0.6 is 0 Å². The molecule has 1 fully saturated rings. The Morgan fingerprint density at radius 2 is 1.74 bits per heavy atom. The van der Waals surface area contributed by atoms with E-state index in [1.807, 2.05) is 6.07 Å². The Balaban J connectivity index is 2.08. The molecule has 3 nitrogen and oxygen atoms in total. The zero-order valence-electron chi connectivity index (χ0n) is 11.1. The van der Waals surface area contributed by atoms with Crippen LogP contribution in [0.25, 0.3) is 0 Å². The Kier molecular flexibility index (Phi) is 3.35. The predicted octanol–water partition coefficient (Wildman–Crippen LogP) is 2.76. The first-order valence-corrected chi connectivity index (χ1v) is 7.05. The molecule has 0 saturated heterocycles. The number of ether oxygens (including phenoxy) is 2. The summed E-state index contributed by atoms with van der Waals surface area (Å²) < 4.78 is 24.9. The van der Waals surface area contributed by atoms with Crippen LogP contribution in [0.1, 0.15) is 37.7 Å². The first-order chi connectivity index (χ1) is 9.27. The molecule has 0 bridgehead atoms. The summed E-state index contributed by atoms with van der Waals surface area (Å²) in [6.07, 6.45) is 5.69. The van der Waals surface area contributed by atoms with Crippen molar-refractivity contribution in [2.24, 2.45) is 5.73 Å². The zero-order chi connectivity index (χ0) is 13.3. The lowest BCUT2D eigenvalue weighted by Crippen LogP contribution is -2.38. The fourth-order valence-corrected chi connectivity index (χ4v) is 3.33. The molecule has 1 aliphatic carbocycles. The van der Waals surface area contributed by atoms with E-state index in [2.05, 4.69) is 0 Å². The van der Waals surface area contributed by atoms with Gasteiger partial charge < -0.3 is 15.2 Å². The highest BCUT2D eigenvalue weighted by atomic mass is 19.1. The smallest absolute Gasteiger partial charge is 0.197 e. The van der Waals surface area contributed by atoms with Gasteiger partial charge in [-0.1, -0.05) is 25.3 Å². The number of halogens is 1. The maximum atomic E-state index is 13.8. The topological polar surface area (TPSA) is 44.5 Å². The molecule has 3 rings (SSSR count). The maximum Gasteiger partial charge on any atom is 0.197 e. The molecular formula is C15H20FNO2. The van der Waals surface area contributed by atoms with Crippen molar-refractivity contribution in [3.05, 3.63) is 23.5 Å². The molecule has 0 radical (unpaired) electrons. The van der Waals surface area contributed by atoms with Gasteiger partial charge in [0.1, 0.15) is 13.2 Å². The van der Waals surface area contributed by atoms with Gasteiger partial charge in [0.15, 0.2) is 17.3 Å². The SMILES string of the molecule is NCC1(c2ccc(F)c3c2OCCO3)CCCCC1. The first-order valence-electron chi connectivity index (χ1n) is 7.05. The minimum Gasteiger partial charge on any atom is -0.486 e. The minimum absolute atomic E-state index is 0.0727. The summed E-state index contributed by atoms with van der Waals surface area (Å²) in [5.74, 6) is 0.502. The van der Waals surface area contributed by atoms with E-state index in [0.29, 0.717) is 25.5 Å². The lowest BCUT2D eigenvalue weighted by molar-refractivity contribution is 0.157. The van der Waals surface area contributed by atoms with E-state index in [1.54, 1.807) is 0 Å². The molecule has 1 aromatic carbocycles. The van der Waals surface area contributed by atoms with Gasteiger partial charge in [0.25, 0.3) is 0 Å². The van der Waals surface area contributed by atoms with Crippen molar-refractivity contribution in [1.29, 1.82) is 0 Å². The van der Waals surface area contributed by atoms with Gasteiger partial charge in [-0.2, -0.15) is 0 Å². The number of rotatable bonds is 2. The molecule has 104 valence electrons. The van der Waals surface area contributed by atoms with Crippen LogP contribution in [-0.4, -0.2) is 19.8 Å². The van der Waals surface area contributed by atoms with Crippen LogP contribution in [0.15, 0.2) is 12.1 Å². The standard InChI is InChI=1S/C15H20FNO2/c16-12-5-4-11(13-14(12)19-9-8-18-13)15(10-17)6-2-1-3-7-15/h4-5H,1-3,6-10,17H2. The summed E-state index contributed by atoms with van der Waals surface area (Å²) in [6.45, 7) is 1.46. The van der Waals surface area contributed by atoms with Gasteiger partial charge in [-0.15, -0.1) is 0 Å². The van der Waals surface area contributed by atoms with Crippen LogP contribution < -0.4 is 15.2 Å². The van der Waals surface area contributed by atoms with Crippen LogP contribution in [0.5, 0.6) is 11.5 Å². The van der Waals surface area contributed by atoms with E-state index < -0.39 is 0 Å². The molecule has 1 heterocycles. The molecule has 0 aromatic heterocycles. The van der Waals surface area contributed by atoms with Crippen molar-refractivity contribution in [1.82, 2.24) is 0 Å². The van der Waals surface area contributed by atoms with Gasteiger partial charge in [0.05, 0.1) is 0 Å². The molecule has 0 amide bonds. The van der Waals surface area contributed by atoms with Crippen molar-refractivity contribution < 1.29 is 13.9 Å². The van der Waals surface area contributed by atoms with Crippen molar-refractivity contribution in [3.8, 4) is 11.5 Å². The fraction of sp³-hybridized carbons (Fsp3) is 0.600. The molecular weight excluding hydrogens is 245 g/mol. The van der Waals surface area contributed by atoms with Crippen LogP contribution in [0, 0.1) is 5.82 Å². The van der Waals surface area contributed by atoms with E-state index >= 15 is 0 Å². The largest absolute Gasteiger partial charge is 0.486 e. The van der Waals surface area contributed by atoms with Crippen LogP contribution in [-0.2, 0) is 5.41 Å². The van der Waals surface area contributed by atoms with Gasteiger partial charge in [-0.3, -0.25) is 0 Å². The Bertz CT molecular complexity index is 469. The van der Waals surface area contributed by atoms with Crippen LogP contribution in [0.3, 0.4) is 0 Å². The molecule has 2 aliphatic rings. The van der Waals surface area contributed by atoms with E-state index in [9.17, 15) is 4.39 Å². The maximum absolute atomic E-state index is 13.8. The van der Waals surface area contributed by atoms with E-state index in [0.717, 1.165) is 18.4 Å². The minimum atomic E-state index is -0.346. The quantitative estimate of drug-likeness (QED) is 0.894. The second-order valence-corrected chi connectivity index (χ2v) is 5.50. The summed E-state index contributed by atoms with van der Waals surface area (Å²) in [5, 5.41) is 0. The molecule has 4 heteroatoms. The van der Waals surface area contributed by atoms with Crippen molar-refractivity contribution in [2.45, 2.75) is 37.5 Å². The second-order valence-electron chi connectivity index (χ2n) is 5.50. The number of nitrogens with two attached hydrogens (primary N) is 1. The number of benzene rings is 1. The number of fused-ring (bicyclic) bond motifs is 1. The fourth-order valence-electron chi connectivity index (χ4n) is 3.33. The van der Waals surface area contributed by atoms with Crippen LogP contribution in [0.4, 0.5) is 4.39 Å². The summed E-state index contributed by atoms with van der Waals surface area (Å²) >= 11 is 0. The Labute approximate surface area is 112 Å². The lowest BCUT2D eigenvalue weighted by Gasteiger charge is -2.38. The molecule has 19 heavy (non-hydrogen) atoms. The predicted molar refractivity (Wildman–Crippen MR) is 71.2 cm³/mol. The Hall–Kier alpha value is -1.29. The van der Waals surface area contributed by atoms with Gasteiger partial charge in [-0.05, 0) is 18.9 Å². The number of hydrogen-bond acceptors (Lipinski definition) is 3. The second kappa shape index (κ2) is 5.00. The van der Waals surface area contributed by atoms with Crippen LogP contribution in [0.2, 0.25) is 0 Å². The summed E-state index contributed by atoms with van der Waals surface area (Å²) in [4.78, 5) is 0. The Morgan fingerprint density at radius 1 is 1.05 bits per heavy atom. The van der Waals surface area contributed by atoms with Crippen molar-refractivity contribution in [2.75, 3.05) is 19.8 Å². The third-order valence-electron chi connectivity index (χ3n) is 4.41. The van der Waals surface area contributed by atoms with Crippen molar-refractivity contribution >= 4 is 0 Å². The molecule has 0 unspecified atom stereocenters. The average molecular weight is 265 g/mol. The van der Waals surface area contributed by atoms with Gasteiger partial charge in [-0.25, -0.2) is 4.39 Å². The summed E-state index contributed by atoms with van der Waals surface area (Å²) in [5.41, 5.74) is 7.01. The molecule has 1 aliphatic heterocycles. The molecule has 0 spiro atoms. The normalized spacial score (nSPS) is 21.2. The lowest BCUT2D eigenvalue weighted by atomic mass is 9.69. The summed E-state index contributed by atoms with van der Waals surface area (Å²) in [6, 6.07) is 3.32. The van der Waals surface area contributed by atoms with Gasteiger partial charge in [0.2, 0.25) is 0 Å². The highest BCUT2D eigenvalue weighted by Gasteiger charge is 2.37. The third kappa shape index (κ3) is 2.08. The average Bonchev–Trinajstić information content (AvgIpc) is 2.48.